The first kappa shape index (κ1) is 15.2. The van der Waals surface area contributed by atoms with Crippen LogP contribution in [-0.2, 0) is 4.79 Å². The first-order valence-electron chi connectivity index (χ1n) is 7.01. The largest absolute Gasteiger partial charge is 0.339 e. The average molecular weight is 289 g/mol. The minimum Gasteiger partial charge on any atom is -0.339 e. The molecule has 1 aromatic rings. The second-order valence-corrected chi connectivity index (χ2v) is 5.19. The van der Waals surface area contributed by atoms with Crippen molar-refractivity contribution in [1.82, 2.24) is 4.90 Å². The van der Waals surface area contributed by atoms with Gasteiger partial charge in [-0.1, -0.05) is 0 Å². The first-order valence-corrected chi connectivity index (χ1v) is 7.01. The Balaban J connectivity index is 1.91. The zero-order valence-corrected chi connectivity index (χ0v) is 11.8. The van der Waals surface area contributed by atoms with E-state index >= 15 is 0 Å². The summed E-state index contributed by atoms with van der Waals surface area (Å²) in [4.78, 5) is 24.0. The van der Waals surface area contributed by atoms with Crippen molar-refractivity contribution in [2.45, 2.75) is 12.8 Å². The van der Waals surface area contributed by atoms with Crippen molar-refractivity contribution in [3.05, 3.63) is 46.0 Å². The highest BCUT2D eigenvalue weighted by molar-refractivity contribution is 5.91. The lowest BCUT2D eigenvalue weighted by Crippen LogP contribution is -2.39. The van der Waals surface area contributed by atoms with Gasteiger partial charge in [0, 0.05) is 31.3 Å². The summed E-state index contributed by atoms with van der Waals surface area (Å²) >= 11 is 0. The van der Waals surface area contributed by atoms with Gasteiger partial charge in [-0.25, -0.2) is 0 Å². The van der Waals surface area contributed by atoms with Gasteiger partial charge in [0.25, 0.3) is 5.69 Å². The molecule has 1 aliphatic rings. The monoisotopic (exact) mass is 289 g/mol. The topological polar surface area (TPSA) is 89.5 Å². The zero-order valence-electron chi connectivity index (χ0n) is 11.8. The molecule has 0 unspecified atom stereocenters. The van der Waals surface area contributed by atoms with Crippen molar-refractivity contribution in [3.8, 4) is 0 Å². The van der Waals surface area contributed by atoms with Crippen LogP contribution < -0.4 is 5.73 Å². The van der Waals surface area contributed by atoms with Crippen LogP contribution in [0, 0.1) is 16.0 Å². The van der Waals surface area contributed by atoms with Gasteiger partial charge in [0.15, 0.2) is 0 Å². The minimum absolute atomic E-state index is 0.0242. The number of likely N-dealkylation sites (tertiary alicyclic amines) is 1. The summed E-state index contributed by atoms with van der Waals surface area (Å²) in [6, 6.07) is 6.11. The summed E-state index contributed by atoms with van der Waals surface area (Å²) in [5.74, 6) is 0.497. The first-order chi connectivity index (χ1) is 10.1. The molecule has 0 radical (unpaired) electrons. The SMILES string of the molecule is NCC1CCN(C(=O)C=Cc2ccc([N+](=O)[O-])cc2)CC1. The smallest absolute Gasteiger partial charge is 0.269 e. The molecule has 0 spiro atoms. The van der Waals surface area contributed by atoms with Gasteiger partial charge >= 0.3 is 0 Å². The molecule has 0 aliphatic carbocycles. The molecule has 2 N–H and O–H groups in total. The Morgan fingerprint density at radius 1 is 1.33 bits per heavy atom. The van der Waals surface area contributed by atoms with Crippen LogP contribution in [0.5, 0.6) is 0 Å². The summed E-state index contributed by atoms with van der Waals surface area (Å²) in [6.45, 7) is 2.16. The molecule has 1 fully saturated rings. The van der Waals surface area contributed by atoms with E-state index in [1.807, 2.05) is 4.90 Å². The zero-order chi connectivity index (χ0) is 15.2. The lowest BCUT2D eigenvalue weighted by molar-refractivity contribution is -0.384. The number of nitrogens with zero attached hydrogens (tertiary/aromatic N) is 2. The van der Waals surface area contributed by atoms with Crippen LogP contribution in [0.1, 0.15) is 18.4 Å². The predicted molar refractivity (Wildman–Crippen MR) is 80.5 cm³/mol. The molecule has 6 nitrogen and oxygen atoms in total. The lowest BCUT2D eigenvalue weighted by Gasteiger charge is -2.30. The van der Waals surface area contributed by atoms with E-state index in [4.69, 9.17) is 5.73 Å². The lowest BCUT2D eigenvalue weighted by atomic mass is 9.97. The van der Waals surface area contributed by atoms with E-state index in [2.05, 4.69) is 0 Å². The fourth-order valence-electron chi connectivity index (χ4n) is 2.37. The summed E-state index contributed by atoms with van der Waals surface area (Å²) in [6.07, 6.45) is 5.10. The average Bonchev–Trinajstić information content (AvgIpc) is 2.53. The molecule has 6 heteroatoms. The van der Waals surface area contributed by atoms with Crippen molar-refractivity contribution in [2.24, 2.45) is 11.7 Å². The molecule has 1 aliphatic heterocycles. The van der Waals surface area contributed by atoms with Crippen LogP contribution in [0.2, 0.25) is 0 Å². The van der Waals surface area contributed by atoms with Crippen LogP contribution >= 0.6 is 0 Å². The van der Waals surface area contributed by atoms with Crippen molar-refractivity contribution < 1.29 is 9.72 Å². The van der Waals surface area contributed by atoms with Crippen LogP contribution in [0.15, 0.2) is 30.3 Å². The van der Waals surface area contributed by atoms with E-state index < -0.39 is 4.92 Å². The van der Waals surface area contributed by atoms with Gasteiger partial charge in [-0.05, 0) is 49.1 Å². The van der Waals surface area contributed by atoms with E-state index in [9.17, 15) is 14.9 Å². The third kappa shape index (κ3) is 4.13. The summed E-state index contributed by atoms with van der Waals surface area (Å²) in [7, 11) is 0. The Hall–Kier alpha value is -2.21. The molecule has 1 heterocycles. The van der Waals surface area contributed by atoms with Gasteiger partial charge in [0.05, 0.1) is 4.92 Å². The normalized spacial score (nSPS) is 16.3. The van der Waals surface area contributed by atoms with Crippen molar-refractivity contribution >= 4 is 17.7 Å². The number of carbonyl (C=O) groups excluding carboxylic acids is 1. The van der Waals surface area contributed by atoms with Gasteiger partial charge < -0.3 is 10.6 Å². The number of carbonyl (C=O) groups is 1. The summed E-state index contributed by atoms with van der Waals surface area (Å²) < 4.78 is 0. The highest BCUT2D eigenvalue weighted by Gasteiger charge is 2.20. The third-order valence-corrected chi connectivity index (χ3v) is 3.78. The Labute approximate surface area is 123 Å². The number of hydrogen-bond donors (Lipinski definition) is 1. The van der Waals surface area contributed by atoms with Crippen molar-refractivity contribution in [1.29, 1.82) is 0 Å². The second kappa shape index (κ2) is 6.99. The molecule has 1 saturated heterocycles. The Morgan fingerprint density at radius 2 is 1.95 bits per heavy atom. The van der Waals surface area contributed by atoms with E-state index in [-0.39, 0.29) is 11.6 Å². The highest BCUT2D eigenvalue weighted by atomic mass is 16.6. The number of benzene rings is 1. The van der Waals surface area contributed by atoms with Crippen molar-refractivity contribution in [3.63, 3.8) is 0 Å². The fourth-order valence-corrected chi connectivity index (χ4v) is 2.37. The highest BCUT2D eigenvalue weighted by Crippen LogP contribution is 2.17. The van der Waals surface area contributed by atoms with Gasteiger partial charge in [-0.15, -0.1) is 0 Å². The molecule has 1 aromatic carbocycles. The summed E-state index contributed by atoms with van der Waals surface area (Å²) in [5.41, 5.74) is 6.44. The molecule has 21 heavy (non-hydrogen) atoms. The maximum absolute atomic E-state index is 12.0. The Bertz CT molecular complexity index is 532. The van der Waals surface area contributed by atoms with Crippen LogP contribution in [0.4, 0.5) is 5.69 Å². The van der Waals surface area contributed by atoms with E-state index in [0.29, 0.717) is 12.5 Å². The molecule has 0 atom stereocenters. The van der Waals surface area contributed by atoms with E-state index in [0.717, 1.165) is 31.5 Å². The molecule has 0 saturated carbocycles. The van der Waals surface area contributed by atoms with Gasteiger partial charge in [-0.2, -0.15) is 0 Å². The number of piperidine rings is 1. The predicted octanol–water partition coefficient (Wildman–Crippen LogP) is 1.81. The molecule has 0 aromatic heterocycles. The molecule has 112 valence electrons. The standard InChI is InChI=1S/C15H19N3O3/c16-11-13-7-9-17(10-8-13)15(19)6-3-12-1-4-14(5-2-12)18(20)21/h1-6,13H,7-11,16H2. The molecule has 0 bridgehead atoms. The number of nitro benzene ring substituents is 1. The number of hydrogen-bond acceptors (Lipinski definition) is 4. The Kier molecular flexibility index (Phi) is 5.05. The van der Waals surface area contributed by atoms with Crippen molar-refractivity contribution in [2.75, 3.05) is 19.6 Å². The number of non-ortho nitro benzene ring substituents is 1. The van der Waals surface area contributed by atoms with Crippen LogP contribution in [0.3, 0.4) is 0 Å². The number of amides is 1. The van der Waals surface area contributed by atoms with E-state index in [1.54, 1.807) is 18.2 Å². The number of nitro groups is 1. The third-order valence-electron chi connectivity index (χ3n) is 3.78. The number of nitrogens with two attached hydrogens (primary N) is 1. The Morgan fingerprint density at radius 3 is 2.48 bits per heavy atom. The minimum atomic E-state index is -0.444. The van der Waals surface area contributed by atoms with Gasteiger partial charge in [0.2, 0.25) is 5.91 Å². The molecular formula is C15H19N3O3. The number of rotatable bonds is 4. The molecule has 1 amide bonds. The van der Waals surface area contributed by atoms with Crippen LogP contribution in [-0.4, -0.2) is 35.4 Å². The van der Waals surface area contributed by atoms with Gasteiger partial charge in [0.1, 0.15) is 0 Å². The molecular weight excluding hydrogens is 270 g/mol. The maximum atomic E-state index is 12.0. The second-order valence-electron chi connectivity index (χ2n) is 5.19. The molecule has 2 rings (SSSR count). The maximum Gasteiger partial charge on any atom is 0.269 e. The quantitative estimate of drug-likeness (QED) is 0.520. The van der Waals surface area contributed by atoms with E-state index in [1.165, 1.54) is 18.2 Å². The summed E-state index contributed by atoms with van der Waals surface area (Å²) in [5, 5.41) is 10.6. The fraction of sp³-hybridized carbons (Fsp3) is 0.400. The van der Waals surface area contributed by atoms with Gasteiger partial charge in [-0.3, -0.25) is 14.9 Å². The van der Waals surface area contributed by atoms with Crippen LogP contribution in [0.25, 0.3) is 6.08 Å².